The van der Waals surface area contributed by atoms with E-state index in [0.717, 1.165) is 0 Å². The van der Waals surface area contributed by atoms with Gasteiger partial charge in [0, 0.05) is 13.0 Å². The van der Waals surface area contributed by atoms with Crippen LogP contribution in [0, 0.1) is 0 Å². The standard InChI is InChI=1S/C22H24F3NO5/c1-3-30-20(28)21(9-4-10-26-13-21)31-22(11-14-5-7-15(29-2)8-6-14)12-16(23)17(24)18(25)19(22)27/h5-8,12,26H,3-4,9-11,13H2,1-2H3. The number of carbonyl (C=O) groups is 2. The van der Waals surface area contributed by atoms with Crippen molar-refractivity contribution in [3.63, 3.8) is 0 Å². The van der Waals surface area contributed by atoms with Crippen LogP contribution in [0.3, 0.4) is 0 Å². The highest BCUT2D eigenvalue weighted by Gasteiger charge is 2.54. The van der Waals surface area contributed by atoms with Crippen LogP contribution in [0.1, 0.15) is 25.3 Å². The predicted octanol–water partition coefficient (Wildman–Crippen LogP) is 3.27. The highest BCUT2D eigenvalue weighted by Crippen LogP contribution is 2.40. The van der Waals surface area contributed by atoms with Crippen LogP contribution in [0.4, 0.5) is 13.2 Å². The number of carbonyl (C=O) groups excluding carboxylic acids is 2. The lowest BCUT2D eigenvalue weighted by Crippen LogP contribution is -2.61. The Kier molecular flexibility index (Phi) is 6.86. The molecule has 31 heavy (non-hydrogen) atoms. The van der Waals surface area contributed by atoms with Crippen LogP contribution in [0.2, 0.25) is 0 Å². The molecule has 6 nitrogen and oxygen atoms in total. The van der Waals surface area contributed by atoms with Crippen LogP contribution in [-0.2, 0) is 25.5 Å². The molecular formula is C22H24F3NO5. The molecule has 0 saturated carbocycles. The smallest absolute Gasteiger partial charge is 0.339 e. The molecule has 1 heterocycles. The molecule has 0 bridgehead atoms. The first-order valence-electron chi connectivity index (χ1n) is 9.97. The van der Waals surface area contributed by atoms with Crippen LogP contribution in [0.25, 0.3) is 0 Å². The van der Waals surface area contributed by atoms with Crippen molar-refractivity contribution in [1.82, 2.24) is 5.32 Å². The van der Waals surface area contributed by atoms with E-state index in [1.54, 1.807) is 31.2 Å². The molecule has 1 saturated heterocycles. The Morgan fingerprint density at radius 2 is 1.87 bits per heavy atom. The lowest BCUT2D eigenvalue weighted by atomic mass is 9.83. The fourth-order valence-corrected chi connectivity index (χ4v) is 3.81. The maximum Gasteiger partial charge on any atom is 0.339 e. The molecule has 1 aliphatic heterocycles. The summed E-state index contributed by atoms with van der Waals surface area (Å²) in [5.74, 6) is -6.94. The predicted molar refractivity (Wildman–Crippen MR) is 105 cm³/mol. The second-order valence-electron chi connectivity index (χ2n) is 7.46. The number of hydrogen-bond acceptors (Lipinski definition) is 6. The summed E-state index contributed by atoms with van der Waals surface area (Å²) >= 11 is 0. The molecule has 0 aromatic heterocycles. The number of ketones is 1. The van der Waals surface area contributed by atoms with Crippen molar-refractivity contribution in [3.05, 3.63) is 53.4 Å². The molecule has 1 N–H and O–H groups in total. The summed E-state index contributed by atoms with van der Waals surface area (Å²) in [7, 11) is 1.48. The number of piperidine rings is 1. The summed E-state index contributed by atoms with van der Waals surface area (Å²) in [6, 6.07) is 6.39. The second-order valence-corrected chi connectivity index (χ2v) is 7.46. The zero-order valence-electron chi connectivity index (χ0n) is 17.3. The van der Waals surface area contributed by atoms with Gasteiger partial charge in [-0.15, -0.1) is 0 Å². The van der Waals surface area contributed by atoms with Crippen molar-refractivity contribution in [1.29, 1.82) is 0 Å². The average Bonchev–Trinajstić information content (AvgIpc) is 2.77. The Bertz CT molecular complexity index is 906. The van der Waals surface area contributed by atoms with Crippen molar-refractivity contribution in [2.75, 3.05) is 26.8 Å². The van der Waals surface area contributed by atoms with Gasteiger partial charge < -0.3 is 19.5 Å². The minimum absolute atomic E-state index is 0.0211. The molecule has 2 aliphatic rings. The van der Waals surface area contributed by atoms with E-state index in [9.17, 15) is 22.8 Å². The zero-order chi connectivity index (χ0) is 22.6. The van der Waals surface area contributed by atoms with E-state index < -0.39 is 40.4 Å². The van der Waals surface area contributed by atoms with Gasteiger partial charge >= 0.3 is 5.97 Å². The molecule has 1 aromatic rings. The summed E-state index contributed by atoms with van der Waals surface area (Å²) < 4.78 is 58.8. The van der Waals surface area contributed by atoms with Crippen LogP contribution < -0.4 is 10.1 Å². The number of ether oxygens (including phenoxy) is 3. The van der Waals surface area contributed by atoms with E-state index in [0.29, 0.717) is 30.4 Å². The van der Waals surface area contributed by atoms with Crippen LogP contribution in [0.5, 0.6) is 5.75 Å². The van der Waals surface area contributed by atoms with E-state index in [1.807, 2.05) is 0 Å². The number of allylic oxidation sites excluding steroid dienone is 2. The molecule has 1 aliphatic carbocycles. The maximum atomic E-state index is 14.4. The summed E-state index contributed by atoms with van der Waals surface area (Å²) in [6.07, 6.45) is 0.947. The van der Waals surface area contributed by atoms with E-state index in [1.165, 1.54) is 7.11 Å². The van der Waals surface area contributed by atoms with Gasteiger partial charge in [-0.05, 0) is 50.1 Å². The van der Waals surface area contributed by atoms with Gasteiger partial charge in [0.15, 0.2) is 22.9 Å². The van der Waals surface area contributed by atoms with E-state index in [2.05, 4.69) is 5.32 Å². The molecule has 0 radical (unpaired) electrons. The van der Waals surface area contributed by atoms with Gasteiger partial charge in [-0.2, -0.15) is 4.39 Å². The first-order chi connectivity index (χ1) is 14.8. The normalized spacial score (nSPS) is 26.5. The molecule has 168 valence electrons. The van der Waals surface area contributed by atoms with Crippen molar-refractivity contribution < 1.29 is 37.0 Å². The SMILES string of the molecule is CCOC(=O)C1(OC2(Cc3ccc(OC)cc3)C=C(F)C(F)=C(F)C2=O)CCCNC1. The van der Waals surface area contributed by atoms with Gasteiger partial charge in [0.1, 0.15) is 5.75 Å². The van der Waals surface area contributed by atoms with Crippen molar-refractivity contribution in [3.8, 4) is 5.75 Å². The highest BCUT2D eigenvalue weighted by atomic mass is 19.2. The quantitative estimate of drug-likeness (QED) is 0.658. The Hall–Kier alpha value is -2.65. The third kappa shape index (κ3) is 4.52. The van der Waals surface area contributed by atoms with E-state index in [-0.39, 0.29) is 26.0 Å². The maximum absolute atomic E-state index is 14.4. The van der Waals surface area contributed by atoms with Gasteiger partial charge in [0.2, 0.25) is 11.6 Å². The first kappa shape index (κ1) is 23.0. The lowest BCUT2D eigenvalue weighted by molar-refractivity contribution is -0.195. The van der Waals surface area contributed by atoms with Crippen molar-refractivity contribution in [2.45, 2.75) is 37.4 Å². The topological polar surface area (TPSA) is 73.9 Å². The molecule has 2 atom stereocenters. The van der Waals surface area contributed by atoms with Crippen LogP contribution >= 0.6 is 0 Å². The third-order valence-corrected chi connectivity index (χ3v) is 5.34. The summed E-state index contributed by atoms with van der Waals surface area (Å²) in [6.45, 7) is 2.23. The average molecular weight is 439 g/mol. The lowest BCUT2D eigenvalue weighted by Gasteiger charge is -2.43. The van der Waals surface area contributed by atoms with Gasteiger partial charge in [0.25, 0.3) is 0 Å². The molecule has 0 spiro atoms. The second kappa shape index (κ2) is 9.23. The number of hydrogen-bond donors (Lipinski definition) is 1. The molecule has 3 rings (SSSR count). The van der Waals surface area contributed by atoms with E-state index in [4.69, 9.17) is 14.2 Å². The number of nitrogens with one attached hydrogen (secondary N) is 1. The van der Waals surface area contributed by atoms with Gasteiger partial charge in [-0.3, -0.25) is 4.79 Å². The minimum Gasteiger partial charge on any atom is -0.497 e. The Morgan fingerprint density at radius 1 is 1.16 bits per heavy atom. The fourth-order valence-electron chi connectivity index (χ4n) is 3.81. The molecule has 0 amide bonds. The third-order valence-electron chi connectivity index (χ3n) is 5.34. The van der Waals surface area contributed by atoms with Crippen molar-refractivity contribution in [2.24, 2.45) is 0 Å². The van der Waals surface area contributed by atoms with Gasteiger partial charge in [0.05, 0.1) is 13.7 Å². The number of benzene rings is 1. The summed E-state index contributed by atoms with van der Waals surface area (Å²) in [4.78, 5) is 25.7. The fraction of sp³-hybridized carbons (Fsp3) is 0.455. The van der Waals surface area contributed by atoms with E-state index >= 15 is 0 Å². The molecule has 1 fully saturated rings. The monoisotopic (exact) mass is 439 g/mol. The zero-order valence-corrected chi connectivity index (χ0v) is 17.3. The van der Waals surface area contributed by atoms with Crippen LogP contribution in [-0.4, -0.2) is 49.8 Å². The molecule has 1 aromatic carbocycles. The largest absolute Gasteiger partial charge is 0.497 e. The Labute approximate surface area is 178 Å². The summed E-state index contributed by atoms with van der Waals surface area (Å²) in [5.41, 5.74) is -3.47. The minimum atomic E-state index is -2.27. The number of Topliss-reactive ketones (excluding diaryl/α,β-unsaturated/α-hetero) is 1. The molecular weight excluding hydrogens is 415 g/mol. The van der Waals surface area contributed by atoms with Gasteiger partial charge in [-0.25, -0.2) is 13.6 Å². The van der Waals surface area contributed by atoms with Crippen LogP contribution in [0.15, 0.2) is 47.8 Å². The summed E-state index contributed by atoms with van der Waals surface area (Å²) in [5, 5.41) is 3.00. The number of methoxy groups -OCH3 is 1. The first-order valence-corrected chi connectivity index (χ1v) is 9.97. The van der Waals surface area contributed by atoms with Gasteiger partial charge in [-0.1, -0.05) is 12.1 Å². The molecule has 2 unspecified atom stereocenters. The highest BCUT2D eigenvalue weighted by molar-refractivity contribution is 6.04. The Morgan fingerprint density at radius 3 is 2.45 bits per heavy atom. The number of esters is 1. The Balaban J connectivity index is 2.07. The number of halogens is 3. The number of rotatable bonds is 7. The van der Waals surface area contributed by atoms with Crippen molar-refractivity contribution >= 4 is 11.8 Å². The molecule has 9 heteroatoms.